The summed E-state index contributed by atoms with van der Waals surface area (Å²) in [5.41, 5.74) is 2.16. The summed E-state index contributed by atoms with van der Waals surface area (Å²) in [6.45, 7) is 5.76. The zero-order valence-electron chi connectivity index (χ0n) is 16.7. The SMILES string of the molecule is c1ccc2cc(-c3ccnc(N4CC[C@@H](N5CC6CCNC6C5)C4)n3)ccc2c1. The molecule has 0 radical (unpaired) electrons. The van der Waals surface area contributed by atoms with Crippen molar-refractivity contribution in [3.8, 4) is 11.3 Å². The maximum atomic E-state index is 4.93. The van der Waals surface area contributed by atoms with Crippen molar-refractivity contribution >= 4 is 16.7 Å². The van der Waals surface area contributed by atoms with Crippen LogP contribution in [0.15, 0.2) is 54.7 Å². The minimum absolute atomic E-state index is 0.635. The number of likely N-dealkylation sites (tertiary alicyclic amines) is 1. The first-order valence-electron chi connectivity index (χ1n) is 10.9. The van der Waals surface area contributed by atoms with E-state index in [2.05, 4.69) is 62.6 Å². The second-order valence-electron chi connectivity index (χ2n) is 8.76. The molecule has 4 heterocycles. The molecule has 29 heavy (non-hydrogen) atoms. The van der Waals surface area contributed by atoms with Crippen LogP contribution in [0.25, 0.3) is 22.0 Å². The number of nitrogens with one attached hydrogen (secondary N) is 1. The third-order valence-electron chi connectivity index (χ3n) is 7.04. The topological polar surface area (TPSA) is 44.3 Å². The van der Waals surface area contributed by atoms with Crippen molar-refractivity contribution in [3.05, 3.63) is 54.7 Å². The Bertz CT molecular complexity index is 1020. The van der Waals surface area contributed by atoms with Gasteiger partial charge in [0.1, 0.15) is 0 Å². The third kappa shape index (κ3) is 3.18. The average molecular weight is 386 g/mol. The first-order chi connectivity index (χ1) is 14.3. The lowest BCUT2D eigenvalue weighted by atomic mass is 10.1. The Morgan fingerprint density at radius 1 is 0.931 bits per heavy atom. The zero-order chi connectivity index (χ0) is 19.2. The van der Waals surface area contributed by atoms with Crippen LogP contribution in [0.4, 0.5) is 5.95 Å². The lowest BCUT2D eigenvalue weighted by Gasteiger charge is -2.25. The van der Waals surface area contributed by atoms with Crippen molar-refractivity contribution in [2.24, 2.45) is 5.92 Å². The highest BCUT2D eigenvalue weighted by molar-refractivity contribution is 5.86. The van der Waals surface area contributed by atoms with Crippen LogP contribution >= 0.6 is 0 Å². The van der Waals surface area contributed by atoms with Gasteiger partial charge in [0.15, 0.2) is 0 Å². The van der Waals surface area contributed by atoms with E-state index < -0.39 is 0 Å². The second kappa shape index (κ2) is 7.08. The summed E-state index contributed by atoms with van der Waals surface area (Å²) < 4.78 is 0. The first kappa shape index (κ1) is 17.4. The van der Waals surface area contributed by atoms with Crippen LogP contribution in [0, 0.1) is 5.92 Å². The Balaban J connectivity index is 1.20. The summed E-state index contributed by atoms with van der Waals surface area (Å²) >= 11 is 0. The zero-order valence-corrected chi connectivity index (χ0v) is 16.7. The molecular weight excluding hydrogens is 358 g/mol. The normalized spacial score (nSPS) is 27.0. The van der Waals surface area contributed by atoms with E-state index in [1.807, 2.05) is 12.3 Å². The minimum Gasteiger partial charge on any atom is -0.339 e. The van der Waals surface area contributed by atoms with Crippen LogP contribution < -0.4 is 10.2 Å². The molecule has 2 unspecified atom stereocenters. The molecule has 5 heteroatoms. The van der Waals surface area contributed by atoms with E-state index in [0.29, 0.717) is 6.04 Å². The third-order valence-corrected chi connectivity index (χ3v) is 7.04. The van der Waals surface area contributed by atoms with Gasteiger partial charge in [0.2, 0.25) is 5.95 Å². The van der Waals surface area contributed by atoms with Gasteiger partial charge in [-0.3, -0.25) is 4.90 Å². The maximum Gasteiger partial charge on any atom is 0.225 e. The van der Waals surface area contributed by atoms with Gasteiger partial charge in [-0.05, 0) is 48.2 Å². The van der Waals surface area contributed by atoms with Crippen LogP contribution in [0.1, 0.15) is 12.8 Å². The molecule has 0 saturated carbocycles. The van der Waals surface area contributed by atoms with Gasteiger partial charge in [-0.1, -0.05) is 36.4 Å². The molecule has 2 aromatic carbocycles. The smallest absolute Gasteiger partial charge is 0.225 e. The summed E-state index contributed by atoms with van der Waals surface area (Å²) in [6.07, 6.45) is 4.46. The van der Waals surface area contributed by atoms with Crippen LogP contribution in [0.3, 0.4) is 0 Å². The van der Waals surface area contributed by atoms with Crippen molar-refractivity contribution in [2.45, 2.75) is 24.9 Å². The summed E-state index contributed by atoms with van der Waals surface area (Å²) in [4.78, 5) is 14.6. The molecule has 3 aliphatic heterocycles. The molecule has 0 spiro atoms. The average Bonchev–Trinajstić information content (AvgIpc) is 3.49. The minimum atomic E-state index is 0.635. The molecule has 0 bridgehead atoms. The monoisotopic (exact) mass is 385 g/mol. The predicted octanol–water partition coefficient (Wildman–Crippen LogP) is 3.17. The number of benzene rings is 2. The van der Waals surface area contributed by atoms with Gasteiger partial charge in [-0.15, -0.1) is 0 Å². The van der Waals surface area contributed by atoms with E-state index >= 15 is 0 Å². The lowest BCUT2D eigenvalue weighted by molar-refractivity contribution is 0.243. The molecular formula is C24H27N5. The van der Waals surface area contributed by atoms with Crippen LogP contribution in [-0.4, -0.2) is 59.7 Å². The fourth-order valence-corrected chi connectivity index (χ4v) is 5.41. The Morgan fingerprint density at radius 2 is 1.86 bits per heavy atom. The predicted molar refractivity (Wildman–Crippen MR) is 117 cm³/mol. The molecule has 0 aliphatic carbocycles. The number of anilines is 1. The number of hydrogen-bond donors (Lipinski definition) is 1. The van der Waals surface area contributed by atoms with Gasteiger partial charge in [0, 0.05) is 50.0 Å². The Kier molecular flexibility index (Phi) is 4.24. The highest BCUT2D eigenvalue weighted by Crippen LogP contribution is 2.30. The number of nitrogens with zero attached hydrogens (tertiary/aromatic N) is 4. The summed E-state index contributed by atoms with van der Waals surface area (Å²) in [5.74, 6) is 1.73. The summed E-state index contributed by atoms with van der Waals surface area (Å²) in [7, 11) is 0. The van der Waals surface area contributed by atoms with E-state index in [4.69, 9.17) is 4.98 Å². The van der Waals surface area contributed by atoms with Gasteiger partial charge in [-0.2, -0.15) is 0 Å². The van der Waals surface area contributed by atoms with Crippen LogP contribution in [0.5, 0.6) is 0 Å². The van der Waals surface area contributed by atoms with E-state index in [0.717, 1.165) is 42.3 Å². The standard InChI is InChI=1S/C24H27N5/c1-2-4-18-13-19(6-5-17(18)3-1)22-8-11-26-24(27-22)28-12-9-21(15-28)29-14-20-7-10-25-23(20)16-29/h1-6,8,11,13,20-21,23,25H,7,9-10,12,14-16H2/t20?,21-,23?/m1/s1. The largest absolute Gasteiger partial charge is 0.339 e. The van der Waals surface area contributed by atoms with Crippen LogP contribution in [0.2, 0.25) is 0 Å². The van der Waals surface area contributed by atoms with Gasteiger partial charge in [-0.25, -0.2) is 9.97 Å². The van der Waals surface area contributed by atoms with E-state index in [1.54, 1.807) is 0 Å². The van der Waals surface area contributed by atoms with E-state index in [-0.39, 0.29) is 0 Å². The Morgan fingerprint density at radius 3 is 2.79 bits per heavy atom. The maximum absolute atomic E-state index is 4.93. The number of aromatic nitrogens is 2. The van der Waals surface area contributed by atoms with Crippen molar-refractivity contribution in [1.82, 2.24) is 20.2 Å². The van der Waals surface area contributed by atoms with E-state index in [9.17, 15) is 0 Å². The van der Waals surface area contributed by atoms with Crippen molar-refractivity contribution in [2.75, 3.05) is 37.6 Å². The van der Waals surface area contributed by atoms with Gasteiger partial charge in [0.05, 0.1) is 5.69 Å². The molecule has 0 amide bonds. The van der Waals surface area contributed by atoms with Crippen LogP contribution in [-0.2, 0) is 0 Å². The number of fused-ring (bicyclic) bond motifs is 2. The molecule has 3 fully saturated rings. The number of hydrogen-bond acceptors (Lipinski definition) is 5. The fourth-order valence-electron chi connectivity index (χ4n) is 5.41. The van der Waals surface area contributed by atoms with Gasteiger partial charge < -0.3 is 10.2 Å². The molecule has 3 atom stereocenters. The first-order valence-corrected chi connectivity index (χ1v) is 10.9. The lowest BCUT2D eigenvalue weighted by Crippen LogP contribution is -2.39. The van der Waals surface area contributed by atoms with Crippen molar-refractivity contribution < 1.29 is 0 Å². The fraction of sp³-hybridized carbons (Fsp3) is 0.417. The highest BCUT2D eigenvalue weighted by atomic mass is 15.3. The molecule has 3 aromatic rings. The van der Waals surface area contributed by atoms with Crippen molar-refractivity contribution in [3.63, 3.8) is 0 Å². The number of rotatable bonds is 3. The molecule has 5 nitrogen and oxygen atoms in total. The van der Waals surface area contributed by atoms with Gasteiger partial charge in [0.25, 0.3) is 0 Å². The van der Waals surface area contributed by atoms with Gasteiger partial charge >= 0.3 is 0 Å². The summed E-state index contributed by atoms with van der Waals surface area (Å²) in [5, 5.41) is 6.18. The van der Waals surface area contributed by atoms with Crippen molar-refractivity contribution in [1.29, 1.82) is 0 Å². The molecule has 1 N–H and O–H groups in total. The molecule has 148 valence electrons. The second-order valence-corrected chi connectivity index (χ2v) is 8.76. The Labute approximate surface area is 171 Å². The Hall–Kier alpha value is -2.50. The molecule has 3 aliphatic rings. The highest BCUT2D eigenvalue weighted by Gasteiger charge is 2.40. The van der Waals surface area contributed by atoms with E-state index in [1.165, 1.54) is 43.2 Å². The molecule has 3 saturated heterocycles. The quantitative estimate of drug-likeness (QED) is 0.750. The molecule has 6 rings (SSSR count). The summed E-state index contributed by atoms with van der Waals surface area (Å²) in [6, 6.07) is 18.4. The molecule has 1 aromatic heterocycles.